The summed E-state index contributed by atoms with van der Waals surface area (Å²) >= 11 is 6.38. The minimum absolute atomic E-state index is 0.587. The van der Waals surface area contributed by atoms with Crippen LogP contribution < -0.4 is 10.6 Å². The molecule has 0 spiro atoms. The SMILES string of the molecule is CC1=C[C@H]2Cc3nc4cc(Cl)ccc4c(NCCCCCCCCCCNc4c5c(nc6ccccc46)CCCC5)c3[C@@H](C1)C2. The Morgan fingerprint density at radius 3 is 2.24 bits per heavy atom. The number of hydrogen-bond donors (Lipinski definition) is 2. The van der Waals surface area contributed by atoms with Crippen LogP contribution in [0.15, 0.2) is 54.1 Å². The van der Waals surface area contributed by atoms with Crippen molar-refractivity contribution >= 4 is 44.8 Å². The number of fused-ring (bicyclic) bond motifs is 7. The molecule has 5 heteroatoms. The Labute approximate surface area is 274 Å². The number of hydrogen-bond acceptors (Lipinski definition) is 4. The fourth-order valence-electron chi connectivity index (χ4n) is 8.39. The summed E-state index contributed by atoms with van der Waals surface area (Å²) in [4.78, 5) is 10.1. The number of unbranched alkanes of at least 4 members (excludes halogenated alkanes) is 7. The van der Waals surface area contributed by atoms with E-state index in [1.165, 1.54) is 122 Å². The van der Waals surface area contributed by atoms with Crippen LogP contribution >= 0.6 is 11.6 Å². The van der Waals surface area contributed by atoms with Crippen LogP contribution in [-0.2, 0) is 19.3 Å². The standard InChI is InChI=1S/C40H49ClN4/c1-27-22-28-24-29(23-27)38-37(25-28)45-36-26-30(41)18-19-33(36)40(38)43-21-13-7-5-3-2-4-6-12-20-42-39-31-14-8-10-16-34(31)44-35-17-11-9-15-32(35)39/h8,10,14,16,18-19,22,26,28-29H,2-7,9,11-13,15,17,20-21,23-25H2,1H3,(H,42,44)(H,43,45)/t28-,29+/m1/s1. The van der Waals surface area contributed by atoms with Crippen LogP contribution in [0.5, 0.6) is 0 Å². The van der Waals surface area contributed by atoms with E-state index in [9.17, 15) is 0 Å². The van der Waals surface area contributed by atoms with Gasteiger partial charge in [-0.05, 0) is 106 Å². The summed E-state index contributed by atoms with van der Waals surface area (Å²) < 4.78 is 0. The van der Waals surface area contributed by atoms with Crippen molar-refractivity contribution in [1.82, 2.24) is 9.97 Å². The Hall–Kier alpha value is -3.11. The molecule has 3 aliphatic carbocycles. The average molecular weight is 621 g/mol. The molecule has 2 aromatic carbocycles. The number of anilines is 2. The first-order chi connectivity index (χ1) is 22.1. The van der Waals surface area contributed by atoms with Gasteiger partial charge in [-0.25, -0.2) is 0 Å². The first kappa shape index (κ1) is 30.5. The summed E-state index contributed by atoms with van der Waals surface area (Å²) in [7, 11) is 0. The highest BCUT2D eigenvalue weighted by atomic mass is 35.5. The third kappa shape index (κ3) is 6.87. The predicted molar refractivity (Wildman–Crippen MR) is 192 cm³/mol. The maximum Gasteiger partial charge on any atom is 0.0741 e. The number of nitrogens with one attached hydrogen (secondary N) is 2. The topological polar surface area (TPSA) is 49.8 Å². The Balaban J connectivity index is 0.842. The molecule has 0 fully saturated rings. The van der Waals surface area contributed by atoms with Crippen LogP contribution in [0.3, 0.4) is 0 Å². The fourth-order valence-corrected chi connectivity index (χ4v) is 8.55. The van der Waals surface area contributed by atoms with Crippen molar-refractivity contribution in [1.29, 1.82) is 0 Å². The molecule has 2 atom stereocenters. The lowest BCUT2D eigenvalue weighted by Crippen LogP contribution is -2.24. The zero-order valence-electron chi connectivity index (χ0n) is 27.1. The molecule has 0 saturated carbocycles. The third-order valence-electron chi connectivity index (χ3n) is 10.5. The van der Waals surface area contributed by atoms with Gasteiger partial charge >= 0.3 is 0 Å². The van der Waals surface area contributed by atoms with Crippen molar-refractivity contribution in [3.05, 3.63) is 81.7 Å². The smallest absolute Gasteiger partial charge is 0.0741 e. The Bertz CT molecular complexity index is 1690. The number of rotatable bonds is 13. The normalized spacial score (nSPS) is 18.8. The van der Waals surface area contributed by atoms with Gasteiger partial charge in [0.1, 0.15) is 0 Å². The number of aryl methyl sites for hydroxylation is 1. The van der Waals surface area contributed by atoms with Crippen LogP contribution in [0.25, 0.3) is 21.8 Å². The first-order valence-electron chi connectivity index (χ1n) is 17.8. The van der Waals surface area contributed by atoms with Gasteiger partial charge < -0.3 is 10.6 Å². The van der Waals surface area contributed by atoms with Crippen molar-refractivity contribution in [2.24, 2.45) is 5.92 Å². The van der Waals surface area contributed by atoms with Gasteiger partial charge in [-0.2, -0.15) is 0 Å². The molecule has 4 aromatic rings. The summed E-state index contributed by atoms with van der Waals surface area (Å²) in [5.74, 6) is 1.22. The van der Waals surface area contributed by atoms with Gasteiger partial charge in [0.15, 0.2) is 0 Å². The molecule has 236 valence electrons. The number of allylic oxidation sites excluding steroid dienone is 2. The molecule has 0 aliphatic heterocycles. The molecule has 2 heterocycles. The van der Waals surface area contributed by atoms with Crippen LogP contribution in [-0.4, -0.2) is 23.1 Å². The second-order valence-corrected chi connectivity index (χ2v) is 14.4. The number of para-hydroxylation sites is 1. The van der Waals surface area contributed by atoms with Crippen LogP contribution in [0.1, 0.15) is 112 Å². The molecular weight excluding hydrogens is 572 g/mol. The first-order valence-corrected chi connectivity index (χ1v) is 18.2. The van der Waals surface area contributed by atoms with E-state index in [-0.39, 0.29) is 0 Å². The van der Waals surface area contributed by atoms with Crippen LogP contribution in [0.4, 0.5) is 11.4 Å². The van der Waals surface area contributed by atoms with Crippen molar-refractivity contribution in [2.45, 2.75) is 109 Å². The molecule has 0 saturated heterocycles. The average Bonchev–Trinajstić information content (AvgIpc) is 3.03. The van der Waals surface area contributed by atoms with E-state index in [0.717, 1.165) is 48.4 Å². The molecule has 0 radical (unpaired) electrons. The van der Waals surface area contributed by atoms with Gasteiger partial charge in [-0.3, -0.25) is 9.97 Å². The zero-order valence-corrected chi connectivity index (χ0v) is 27.8. The minimum atomic E-state index is 0.587. The molecule has 0 unspecified atom stereocenters. The van der Waals surface area contributed by atoms with Gasteiger partial charge in [-0.15, -0.1) is 0 Å². The molecular formula is C40H49ClN4. The molecule has 4 nitrogen and oxygen atoms in total. The Kier molecular flexibility index (Phi) is 9.58. The second kappa shape index (κ2) is 14.1. The quantitative estimate of drug-likeness (QED) is 0.115. The highest BCUT2D eigenvalue weighted by Gasteiger charge is 2.33. The van der Waals surface area contributed by atoms with E-state index >= 15 is 0 Å². The summed E-state index contributed by atoms with van der Waals surface area (Å²) in [6.07, 6.45) is 21.2. The lowest BCUT2D eigenvalue weighted by molar-refractivity contribution is 0.433. The molecule has 3 aliphatic rings. The van der Waals surface area contributed by atoms with E-state index < -0.39 is 0 Å². The highest BCUT2D eigenvalue weighted by Crippen LogP contribution is 2.47. The molecule has 45 heavy (non-hydrogen) atoms. The van der Waals surface area contributed by atoms with E-state index in [4.69, 9.17) is 21.6 Å². The fraction of sp³-hybridized carbons (Fsp3) is 0.500. The number of halogens is 1. The van der Waals surface area contributed by atoms with Crippen LogP contribution in [0.2, 0.25) is 5.02 Å². The largest absolute Gasteiger partial charge is 0.384 e. The number of nitrogens with zero attached hydrogens (tertiary/aromatic N) is 2. The number of benzene rings is 2. The maximum absolute atomic E-state index is 6.38. The summed E-state index contributed by atoms with van der Waals surface area (Å²) in [6.45, 7) is 4.39. The molecule has 7 rings (SSSR count). The third-order valence-corrected chi connectivity index (χ3v) is 10.7. The molecule has 2 aromatic heterocycles. The number of pyridine rings is 2. The van der Waals surface area contributed by atoms with Crippen LogP contribution in [0, 0.1) is 5.92 Å². The Morgan fingerprint density at radius 2 is 1.42 bits per heavy atom. The van der Waals surface area contributed by atoms with Crippen molar-refractivity contribution < 1.29 is 0 Å². The van der Waals surface area contributed by atoms with Gasteiger partial charge in [0.25, 0.3) is 0 Å². The van der Waals surface area contributed by atoms with E-state index in [2.05, 4.69) is 54.0 Å². The monoisotopic (exact) mass is 620 g/mol. The summed E-state index contributed by atoms with van der Waals surface area (Å²) in [5.41, 5.74) is 12.0. The Morgan fingerprint density at radius 1 is 0.733 bits per heavy atom. The van der Waals surface area contributed by atoms with Crippen molar-refractivity contribution in [3.63, 3.8) is 0 Å². The number of aromatic nitrogens is 2. The van der Waals surface area contributed by atoms with Gasteiger partial charge in [0, 0.05) is 57.2 Å². The van der Waals surface area contributed by atoms with Crippen molar-refractivity contribution in [3.8, 4) is 0 Å². The lowest BCUT2D eigenvalue weighted by atomic mass is 9.71. The highest BCUT2D eigenvalue weighted by molar-refractivity contribution is 6.31. The zero-order chi connectivity index (χ0) is 30.6. The summed E-state index contributed by atoms with van der Waals surface area (Å²) in [6, 6.07) is 14.9. The summed E-state index contributed by atoms with van der Waals surface area (Å²) in [5, 5.41) is 11.0. The van der Waals surface area contributed by atoms with Gasteiger partial charge in [0.05, 0.1) is 11.0 Å². The lowest BCUT2D eigenvalue weighted by Gasteiger charge is -2.36. The van der Waals surface area contributed by atoms with Gasteiger partial charge in [0.2, 0.25) is 0 Å². The van der Waals surface area contributed by atoms with E-state index in [1.807, 2.05) is 12.1 Å². The second-order valence-electron chi connectivity index (χ2n) is 13.9. The molecule has 0 amide bonds. The van der Waals surface area contributed by atoms with Crippen molar-refractivity contribution in [2.75, 3.05) is 23.7 Å². The molecule has 2 N–H and O–H groups in total. The van der Waals surface area contributed by atoms with E-state index in [0.29, 0.717) is 11.8 Å². The predicted octanol–water partition coefficient (Wildman–Crippen LogP) is 11.0. The molecule has 2 bridgehead atoms. The maximum atomic E-state index is 6.38. The van der Waals surface area contributed by atoms with E-state index in [1.54, 1.807) is 5.57 Å². The minimum Gasteiger partial charge on any atom is -0.384 e. The van der Waals surface area contributed by atoms with Gasteiger partial charge in [-0.1, -0.05) is 80.0 Å².